The number of hydrogen-bond donors (Lipinski definition) is 0. The van der Waals surface area contributed by atoms with Gasteiger partial charge in [0.2, 0.25) is 3.79 Å². The van der Waals surface area contributed by atoms with Gasteiger partial charge in [0.25, 0.3) is 0 Å². The van der Waals surface area contributed by atoms with Crippen molar-refractivity contribution in [2.45, 2.75) is 69.1 Å². The van der Waals surface area contributed by atoms with Crippen molar-refractivity contribution in [3.05, 3.63) is 23.8 Å². The average Bonchev–Trinajstić information content (AvgIpc) is 2.60. The third-order valence-corrected chi connectivity index (χ3v) is 9.88. The summed E-state index contributed by atoms with van der Waals surface area (Å²) in [6.07, 6.45) is 5.56. The molecule has 9 heteroatoms. The van der Waals surface area contributed by atoms with E-state index in [1.807, 2.05) is 13.0 Å². The van der Waals surface area contributed by atoms with Gasteiger partial charge in [0.05, 0.1) is 6.10 Å². The lowest BCUT2D eigenvalue weighted by Crippen LogP contribution is -2.42. The van der Waals surface area contributed by atoms with E-state index < -0.39 is 18.3 Å². The Kier molecular flexibility index (Phi) is 13.2. The van der Waals surface area contributed by atoms with Crippen LogP contribution in [0.25, 0.3) is 0 Å². The van der Waals surface area contributed by atoms with E-state index in [4.69, 9.17) is 48.7 Å². The first kappa shape index (κ1) is 29.8. The molecule has 2 atom stereocenters. The molecule has 0 N–H and O–H groups in total. The lowest BCUT2D eigenvalue weighted by Gasteiger charge is -2.37. The number of carbonyl (C=O) groups excluding carboxylic acids is 1. The van der Waals surface area contributed by atoms with Crippen LogP contribution in [0.15, 0.2) is 23.8 Å². The summed E-state index contributed by atoms with van der Waals surface area (Å²) in [5.41, 5.74) is 1.15. The van der Waals surface area contributed by atoms with E-state index >= 15 is 0 Å². The molecule has 0 bridgehead atoms. The maximum Gasteiger partial charge on any atom is 0.508 e. The molecule has 0 saturated carbocycles. The van der Waals surface area contributed by atoms with Gasteiger partial charge in [0.15, 0.2) is 8.32 Å². The molecule has 0 radical (unpaired) electrons. The van der Waals surface area contributed by atoms with Crippen molar-refractivity contribution >= 4 is 49.3 Å². The van der Waals surface area contributed by atoms with Crippen molar-refractivity contribution in [1.29, 1.82) is 0 Å². The minimum absolute atomic E-state index is 0.0312. The van der Waals surface area contributed by atoms with Crippen molar-refractivity contribution in [3.8, 4) is 0 Å². The number of carbonyl (C=O) groups is 1. The molecule has 0 fully saturated rings. The maximum atomic E-state index is 11.3. The van der Waals surface area contributed by atoms with E-state index in [2.05, 4.69) is 51.6 Å². The fourth-order valence-electron chi connectivity index (χ4n) is 2.10. The lowest BCUT2D eigenvalue weighted by atomic mass is 10.0. The Morgan fingerprint density at radius 1 is 1.10 bits per heavy atom. The zero-order chi connectivity index (χ0) is 23.6. The highest BCUT2D eigenvalue weighted by Crippen LogP contribution is 2.37. The van der Waals surface area contributed by atoms with Crippen LogP contribution >= 0.6 is 34.8 Å². The molecule has 0 aromatic carbocycles. The van der Waals surface area contributed by atoms with Crippen LogP contribution in [0.4, 0.5) is 4.79 Å². The second-order valence-corrected chi connectivity index (χ2v) is 16.2. The Bertz CT molecular complexity index is 580. The van der Waals surface area contributed by atoms with Gasteiger partial charge in [-0.25, -0.2) is 4.79 Å². The molecule has 176 valence electrons. The SMILES string of the molecule is CO[C@H](/C=C(\C)C/C=C/COC(=O)OCC(Cl)(Cl)Cl)[C@@H](C)CO[Si](C)(C)C(C)(C)C. The Balaban J connectivity index is 4.46. The largest absolute Gasteiger partial charge is 0.508 e. The molecule has 0 aliphatic carbocycles. The predicted octanol–water partition coefficient (Wildman–Crippen LogP) is 7.08. The van der Waals surface area contributed by atoms with Gasteiger partial charge in [-0.15, -0.1) is 0 Å². The number of allylic oxidation sites excluding steroid dienone is 2. The van der Waals surface area contributed by atoms with E-state index in [9.17, 15) is 4.79 Å². The molecule has 0 aromatic heterocycles. The zero-order valence-electron chi connectivity index (χ0n) is 19.4. The summed E-state index contributed by atoms with van der Waals surface area (Å²) >= 11 is 16.5. The Morgan fingerprint density at radius 3 is 2.20 bits per heavy atom. The number of rotatable bonds is 11. The van der Waals surface area contributed by atoms with E-state index in [1.54, 1.807) is 13.2 Å². The van der Waals surface area contributed by atoms with Crippen LogP contribution in [-0.4, -0.2) is 51.3 Å². The van der Waals surface area contributed by atoms with Crippen LogP contribution in [0.2, 0.25) is 18.1 Å². The quantitative estimate of drug-likeness (QED) is 0.130. The molecule has 0 aliphatic rings. The molecule has 0 unspecified atom stereocenters. The first-order valence-corrected chi connectivity index (χ1v) is 14.0. The van der Waals surface area contributed by atoms with E-state index in [0.29, 0.717) is 13.0 Å². The topological polar surface area (TPSA) is 54.0 Å². The Hall–Kier alpha value is -0.243. The van der Waals surface area contributed by atoms with Crippen LogP contribution in [0, 0.1) is 5.92 Å². The minimum Gasteiger partial charge on any atom is -0.430 e. The minimum atomic E-state index is -1.78. The fraction of sp³-hybridized carbons (Fsp3) is 0.762. The van der Waals surface area contributed by atoms with Gasteiger partial charge in [-0.1, -0.05) is 86.3 Å². The number of halogens is 3. The van der Waals surface area contributed by atoms with Crippen molar-refractivity contribution in [1.82, 2.24) is 0 Å². The summed E-state index contributed by atoms with van der Waals surface area (Å²) in [5.74, 6) is 0.235. The van der Waals surface area contributed by atoms with Gasteiger partial charge < -0.3 is 18.6 Å². The number of methoxy groups -OCH3 is 1. The third-order valence-electron chi connectivity index (χ3n) is 5.05. The smallest absolute Gasteiger partial charge is 0.430 e. The van der Waals surface area contributed by atoms with Crippen molar-refractivity contribution < 1.29 is 23.4 Å². The molecule has 30 heavy (non-hydrogen) atoms. The molecule has 0 heterocycles. The number of hydrogen-bond acceptors (Lipinski definition) is 5. The van der Waals surface area contributed by atoms with Gasteiger partial charge in [-0.2, -0.15) is 0 Å². The summed E-state index contributed by atoms with van der Waals surface area (Å²) in [7, 11) is -0.0714. The number of ether oxygens (including phenoxy) is 3. The highest BCUT2D eigenvalue weighted by Gasteiger charge is 2.37. The standard InChI is InChI=1S/C21H37Cl3O5Si/c1-16(11-9-10-12-27-19(25)28-15-21(22,23)24)13-18(26-6)17(2)14-29-30(7,8)20(3,4)5/h9-10,13,17-18H,11-12,14-15H2,1-8H3/b10-9+,16-13+/t17-,18+/m0/s1. The second kappa shape index (κ2) is 13.3. The normalized spacial score (nSPS) is 15.9. The molecule has 0 rings (SSSR count). The molecule has 0 aromatic rings. The summed E-state index contributed by atoms with van der Waals surface area (Å²) in [6.45, 7) is 15.8. The number of alkyl halides is 3. The molecule has 0 spiro atoms. The molecule has 0 saturated heterocycles. The summed E-state index contributed by atoms with van der Waals surface area (Å²) in [4.78, 5) is 11.3. The second-order valence-electron chi connectivity index (χ2n) is 8.90. The van der Waals surface area contributed by atoms with Gasteiger partial charge in [0, 0.05) is 19.6 Å². The molecule has 0 aliphatic heterocycles. The fourth-order valence-corrected chi connectivity index (χ4v) is 3.38. The van der Waals surface area contributed by atoms with Crippen molar-refractivity contribution in [3.63, 3.8) is 0 Å². The van der Waals surface area contributed by atoms with Gasteiger partial charge in [-0.05, 0) is 31.5 Å². The van der Waals surface area contributed by atoms with E-state index in [0.717, 1.165) is 5.57 Å². The lowest BCUT2D eigenvalue weighted by molar-refractivity contribution is 0.0646. The van der Waals surface area contributed by atoms with Crippen LogP contribution in [0.3, 0.4) is 0 Å². The van der Waals surface area contributed by atoms with Gasteiger partial charge in [0.1, 0.15) is 13.2 Å². The molecule has 5 nitrogen and oxygen atoms in total. The van der Waals surface area contributed by atoms with Crippen molar-refractivity contribution in [2.24, 2.45) is 5.92 Å². The molecular formula is C21H37Cl3O5Si. The summed E-state index contributed by atoms with van der Waals surface area (Å²) in [5, 5.41) is 0.182. The van der Waals surface area contributed by atoms with Crippen LogP contribution in [0.1, 0.15) is 41.0 Å². The highest BCUT2D eigenvalue weighted by molar-refractivity contribution is 6.74. The van der Waals surface area contributed by atoms with E-state index in [-0.39, 0.29) is 30.3 Å². The van der Waals surface area contributed by atoms with Crippen LogP contribution in [-0.2, 0) is 18.6 Å². The molecule has 0 amide bonds. The third kappa shape index (κ3) is 13.2. The highest BCUT2D eigenvalue weighted by atomic mass is 35.6. The average molecular weight is 504 g/mol. The predicted molar refractivity (Wildman–Crippen MR) is 128 cm³/mol. The van der Waals surface area contributed by atoms with E-state index in [1.165, 1.54) is 0 Å². The first-order chi connectivity index (χ1) is 13.6. The monoisotopic (exact) mass is 502 g/mol. The summed E-state index contributed by atoms with van der Waals surface area (Å²) in [6, 6.07) is 0. The van der Waals surface area contributed by atoms with Gasteiger partial charge >= 0.3 is 6.16 Å². The zero-order valence-corrected chi connectivity index (χ0v) is 22.7. The Morgan fingerprint density at radius 2 is 1.70 bits per heavy atom. The first-order valence-electron chi connectivity index (χ1n) is 9.94. The maximum absolute atomic E-state index is 11.3. The van der Waals surface area contributed by atoms with Crippen LogP contribution in [0.5, 0.6) is 0 Å². The van der Waals surface area contributed by atoms with Gasteiger partial charge in [-0.3, -0.25) is 0 Å². The summed E-state index contributed by atoms with van der Waals surface area (Å²) < 4.78 is 19.9. The van der Waals surface area contributed by atoms with Crippen molar-refractivity contribution in [2.75, 3.05) is 26.9 Å². The molecular weight excluding hydrogens is 467 g/mol. The van der Waals surface area contributed by atoms with Crippen LogP contribution < -0.4 is 0 Å². The Labute approximate surface area is 198 Å².